The first-order valence-electron chi connectivity index (χ1n) is 7.63. The van der Waals surface area contributed by atoms with Gasteiger partial charge in [0.1, 0.15) is 0 Å². The molecule has 0 radical (unpaired) electrons. The van der Waals surface area contributed by atoms with Gasteiger partial charge in [-0.2, -0.15) is 0 Å². The number of hydrogen-bond acceptors (Lipinski definition) is 3. The van der Waals surface area contributed by atoms with Crippen molar-refractivity contribution in [2.24, 2.45) is 5.73 Å². The first kappa shape index (κ1) is 17.0. The Morgan fingerprint density at radius 1 is 1.33 bits per heavy atom. The number of rotatable bonds is 6. The van der Waals surface area contributed by atoms with Crippen molar-refractivity contribution in [3.8, 4) is 0 Å². The number of halogens is 2. The van der Waals surface area contributed by atoms with Crippen LogP contribution in [0.1, 0.15) is 37.8 Å². The van der Waals surface area contributed by atoms with Crippen molar-refractivity contribution < 1.29 is 4.74 Å². The molecule has 1 aromatic carbocycles. The SMILES string of the molecule is CC(c1cccc(Cl)c1Cl)N1CCC(OCCCN)CC1. The third kappa shape index (κ3) is 4.57. The number of ether oxygens (including phenoxy) is 1. The highest BCUT2D eigenvalue weighted by Gasteiger charge is 2.25. The average molecular weight is 331 g/mol. The number of piperidine rings is 1. The van der Waals surface area contributed by atoms with Gasteiger partial charge in [0.05, 0.1) is 16.1 Å². The maximum Gasteiger partial charge on any atom is 0.0640 e. The van der Waals surface area contributed by atoms with Crippen LogP contribution in [0, 0.1) is 0 Å². The van der Waals surface area contributed by atoms with Crippen molar-refractivity contribution in [3.63, 3.8) is 0 Å². The molecule has 2 rings (SSSR count). The molecule has 1 fully saturated rings. The summed E-state index contributed by atoms with van der Waals surface area (Å²) in [5, 5.41) is 1.30. The molecule has 1 aromatic rings. The van der Waals surface area contributed by atoms with Crippen LogP contribution in [0.25, 0.3) is 0 Å². The van der Waals surface area contributed by atoms with Crippen LogP contribution in [0.4, 0.5) is 0 Å². The number of nitrogens with zero attached hydrogens (tertiary/aromatic N) is 1. The molecule has 0 bridgehead atoms. The van der Waals surface area contributed by atoms with E-state index in [1.807, 2.05) is 12.1 Å². The van der Waals surface area contributed by atoms with Crippen LogP contribution in [0.3, 0.4) is 0 Å². The first-order valence-corrected chi connectivity index (χ1v) is 8.38. The second-order valence-electron chi connectivity index (χ2n) is 5.57. The molecule has 5 heteroatoms. The van der Waals surface area contributed by atoms with Crippen LogP contribution in [-0.2, 0) is 4.74 Å². The summed E-state index contributed by atoms with van der Waals surface area (Å²) in [4.78, 5) is 2.44. The van der Waals surface area contributed by atoms with Gasteiger partial charge < -0.3 is 10.5 Å². The summed E-state index contributed by atoms with van der Waals surface area (Å²) >= 11 is 12.4. The minimum atomic E-state index is 0.279. The van der Waals surface area contributed by atoms with Crippen LogP contribution < -0.4 is 5.73 Å². The Labute approximate surface area is 137 Å². The van der Waals surface area contributed by atoms with Crippen molar-refractivity contribution >= 4 is 23.2 Å². The van der Waals surface area contributed by atoms with Gasteiger partial charge >= 0.3 is 0 Å². The molecule has 1 saturated heterocycles. The van der Waals surface area contributed by atoms with E-state index in [1.165, 1.54) is 0 Å². The topological polar surface area (TPSA) is 38.5 Å². The van der Waals surface area contributed by atoms with E-state index in [9.17, 15) is 0 Å². The van der Waals surface area contributed by atoms with E-state index in [0.717, 1.165) is 44.5 Å². The average Bonchev–Trinajstić information content (AvgIpc) is 2.50. The van der Waals surface area contributed by atoms with Gasteiger partial charge in [-0.05, 0) is 44.4 Å². The Balaban J connectivity index is 1.88. The highest BCUT2D eigenvalue weighted by molar-refractivity contribution is 6.42. The van der Waals surface area contributed by atoms with E-state index >= 15 is 0 Å². The minimum Gasteiger partial charge on any atom is -0.378 e. The predicted molar refractivity (Wildman–Crippen MR) is 89.1 cm³/mol. The van der Waals surface area contributed by atoms with E-state index in [2.05, 4.69) is 17.9 Å². The van der Waals surface area contributed by atoms with Gasteiger partial charge in [-0.25, -0.2) is 0 Å². The molecule has 0 amide bonds. The largest absolute Gasteiger partial charge is 0.378 e. The molecule has 0 saturated carbocycles. The summed E-state index contributed by atoms with van der Waals surface area (Å²) < 4.78 is 5.85. The fraction of sp³-hybridized carbons (Fsp3) is 0.625. The lowest BCUT2D eigenvalue weighted by atomic mass is 10.0. The number of nitrogens with two attached hydrogens (primary N) is 1. The Morgan fingerprint density at radius 2 is 2.05 bits per heavy atom. The Morgan fingerprint density at radius 3 is 2.71 bits per heavy atom. The van der Waals surface area contributed by atoms with Crippen molar-refractivity contribution in [3.05, 3.63) is 33.8 Å². The Kier molecular flexibility index (Phi) is 6.77. The molecule has 21 heavy (non-hydrogen) atoms. The van der Waals surface area contributed by atoms with Crippen molar-refractivity contribution in [1.82, 2.24) is 4.90 Å². The normalized spacial score (nSPS) is 18.9. The molecular formula is C16H24Cl2N2O. The van der Waals surface area contributed by atoms with E-state index in [1.54, 1.807) is 0 Å². The van der Waals surface area contributed by atoms with Crippen LogP contribution >= 0.6 is 23.2 Å². The van der Waals surface area contributed by atoms with Gasteiger partial charge in [0.2, 0.25) is 0 Å². The lowest BCUT2D eigenvalue weighted by Crippen LogP contribution is -2.38. The number of hydrogen-bond donors (Lipinski definition) is 1. The lowest BCUT2D eigenvalue weighted by molar-refractivity contribution is -0.000736. The van der Waals surface area contributed by atoms with E-state index in [4.69, 9.17) is 33.7 Å². The first-order chi connectivity index (χ1) is 10.1. The minimum absolute atomic E-state index is 0.279. The molecule has 0 aliphatic carbocycles. The standard InChI is InChI=1S/C16H24Cl2N2O/c1-12(14-4-2-5-15(17)16(14)18)20-9-6-13(7-10-20)21-11-3-8-19/h2,4-5,12-13H,3,6-11,19H2,1H3. The molecule has 118 valence electrons. The Hall–Kier alpha value is -0.320. The quantitative estimate of drug-likeness (QED) is 0.804. The van der Waals surface area contributed by atoms with Gasteiger partial charge in [0.25, 0.3) is 0 Å². The van der Waals surface area contributed by atoms with Gasteiger partial charge in [-0.1, -0.05) is 35.3 Å². The van der Waals surface area contributed by atoms with Gasteiger partial charge in [-0.15, -0.1) is 0 Å². The third-order valence-electron chi connectivity index (χ3n) is 4.16. The third-order valence-corrected chi connectivity index (χ3v) is 4.99. The predicted octanol–water partition coefficient (Wildman–Crippen LogP) is 3.88. The molecule has 2 N–H and O–H groups in total. The molecule has 1 heterocycles. The summed E-state index contributed by atoms with van der Waals surface area (Å²) in [6, 6.07) is 6.13. The molecule has 0 aromatic heterocycles. The van der Waals surface area contributed by atoms with Gasteiger partial charge in [0, 0.05) is 25.7 Å². The fourth-order valence-electron chi connectivity index (χ4n) is 2.80. The van der Waals surface area contributed by atoms with Crippen molar-refractivity contribution in [2.45, 2.75) is 38.3 Å². The van der Waals surface area contributed by atoms with E-state index in [0.29, 0.717) is 22.7 Å². The van der Waals surface area contributed by atoms with Crippen molar-refractivity contribution in [1.29, 1.82) is 0 Å². The zero-order valence-electron chi connectivity index (χ0n) is 12.5. The zero-order chi connectivity index (χ0) is 15.2. The van der Waals surface area contributed by atoms with E-state index in [-0.39, 0.29) is 6.04 Å². The number of benzene rings is 1. The van der Waals surface area contributed by atoms with E-state index < -0.39 is 0 Å². The van der Waals surface area contributed by atoms with Crippen LogP contribution in [0.5, 0.6) is 0 Å². The monoisotopic (exact) mass is 330 g/mol. The summed E-state index contributed by atoms with van der Waals surface area (Å²) in [7, 11) is 0. The van der Waals surface area contributed by atoms with Crippen LogP contribution in [0.15, 0.2) is 18.2 Å². The zero-order valence-corrected chi connectivity index (χ0v) is 14.0. The fourth-order valence-corrected chi connectivity index (χ4v) is 3.27. The maximum atomic E-state index is 6.33. The highest BCUT2D eigenvalue weighted by Crippen LogP contribution is 2.33. The highest BCUT2D eigenvalue weighted by atomic mass is 35.5. The van der Waals surface area contributed by atoms with Gasteiger partial charge in [-0.3, -0.25) is 4.90 Å². The molecular weight excluding hydrogens is 307 g/mol. The molecule has 0 spiro atoms. The summed E-state index contributed by atoms with van der Waals surface area (Å²) in [5.74, 6) is 0. The molecule has 1 unspecified atom stereocenters. The Bertz CT molecular complexity index is 448. The maximum absolute atomic E-state index is 6.33. The summed E-state index contributed by atoms with van der Waals surface area (Å²) in [6.45, 7) is 5.71. The molecule has 1 aliphatic rings. The lowest BCUT2D eigenvalue weighted by Gasteiger charge is -2.36. The van der Waals surface area contributed by atoms with Gasteiger partial charge in [0.15, 0.2) is 0 Å². The second kappa shape index (κ2) is 8.35. The number of likely N-dealkylation sites (tertiary alicyclic amines) is 1. The van der Waals surface area contributed by atoms with Crippen LogP contribution in [-0.4, -0.2) is 37.2 Å². The van der Waals surface area contributed by atoms with Crippen LogP contribution in [0.2, 0.25) is 10.0 Å². The molecule has 1 atom stereocenters. The molecule has 1 aliphatic heterocycles. The second-order valence-corrected chi connectivity index (χ2v) is 6.35. The smallest absolute Gasteiger partial charge is 0.0640 e. The summed E-state index contributed by atoms with van der Waals surface area (Å²) in [5.41, 5.74) is 6.59. The molecule has 3 nitrogen and oxygen atoms in total. The van der Waals surface area contributed by atoms with Crippen molar-refractivity contribution in [2.75, 3.05) is 26.2 Å². The summed E-state index contributed by atoms with van der Waals surface area (Å²) in [6.07, 6.45) is 3.43.